The maximum absolute atomic E-state index is 5.41. The zero-order chi connectivity index (χ0) is 15.8. The standard InChI is InChI=1S/C19H24O2S/c1-4-19(22-13-12-15-8-6-5-7-9-15)16-10-11-17(20-2)18(14-16)21-3/h5-11,14,19H,4,12-13H2,1-3H3. The van der Waals surface area contributed by atoms with Crippen LogP contribution in [0.25, 0.3) is 0 Å². The molecule has 2 nitrogen and oxygen atoms in total. The fourth-order valence-electron chi connectivity index (χ4n) is 2.47. The molecule has 0 heterocycles. The van der Waals surface area contributed by atoms with Gasteiger partial charge in [-0.3, -0.25) is 0 Å². The molecule has 0 N–H and O–H groups in total. The van der Waals surface area contributed by atoms with Crippen LogP contribution in [-0.4, -0.2) is 20.0 Å². The fourth-order valence-corrected chi connectivity index (χ4v) is 3.68. The summed E-state index contributed by atoms with van der Waals surface area (Å²) in [5.74, 6) is 2.72. The quantitative estimate of drug-likeness (QED) is 0.672. The maximum atomic E-state index is 5.41. The van der Waals surface area contributed by atoms with Gasteiger partial charge in [0.15, 0.2) is 11.5 Å². The number of thioether (sulfide) groups is 1. The van der Waals surface area contributed by atoms with Crippen LogP contribution >= 0.6 is 11.8 Å². The van der Waals surface area contributed by atoms with Crippen LogP contribution in [0.4, 0.5) is 0 Å². The van der Waals surface area contributed by atoms with Crippen molar-refractivity contribution in [1.82, 2.24) is 0 Å². The zero-order valence-electron chi connectivity index (χ0n) is 13.5. The Hall–Kier alpha value is -1.61. The van der Waals surface area contributed by atoms with Gasteiger partial charge in [-0.2, -0.15) is 11.8 Å². The minimum Gasteiger partial charge on any atom is -0.493 e. The number of rotatable bonds is 8. The molecule has 0 saturated heterocycles. The molecule has 1 atom stereocenters. The predicted molar refractivity (Wildman–Crippen MR) is 95.2 cm³/mol. The van der Waals surface area contributed by atoms with Crippen molar-refractivity contribution < 1.29 is 9.47 Å². The van der Waals surface area contributed by atoms with Crippen molar-refractivity contribution in [3.8, 4) is 11.5 Å². The van der Waals surface area contributed by atoms with Crippen LogP contribution in [0, 0.1) is 0 Å². The van der Waals surface area contributed by atoms with E-state index in [0.29, 0.717) is 5.25 Å². The van der Waals surface area contributed by atoms with Gasteiger partial charge in [0.05, 0.1) is 14.2 Å². The van der Waals surface area contributed by atoms with Crippen LogP contribution in [0.3, 0.4) is 0 Å². The molecule has 2 aromatic rings. The average molecular weight is 316 g/mol. The Bertz CT molecular complexity index is 569. The third kappa shape index (κ3) is 4.44. The number of hydrogen-bond donors (Lipinski definition) is 0. The van der Waals surface area contributed by atoms with E-state index >= 15 is 0 Å². The van der Waals surface area contributed by atoms with Gasteiger partial charge >= 0.3 is 0 Å². The molecular weight excluding hydrogens is 292 g/mol. The molecule has 118 valence electrons. The molecule has 0 aromatic heterocycles. The van der Waals surface area contributed by atoms with Gasteiger partial charge in [0.1, 0.15) is 0 Å². The fraction of sp³-hybridized carbons (Fsp3) is 0.368. The second-order valence-electron chi connectivity index (χ2n) is 5.12. The number of ether oxygens (including phenoxy) is 2. The number of benzene rings is 2. The van der Waals surface area contributed by atoms with Crippen LogP contribution in [0.2, 0.25) is 0 Å². The highest BCUT2D eigenvalue weighted by molar-refractivity contribution is 7.99. The van der Waals surface area contributed by atoms with Crippen molar-refractivity contribution in [2.24, 2.45) is 0 Å². The van der Waals surface area contributed by atoms with Gasteiger partial charge in [-0.25, -0.2) is 0 Å². The highest BCUT2D eigenvalue weighted by Crippen LogP contribution is 2.37. The summed E-state index contributed by atoms with van der Waals surface area (Å²) >= 11 is 2.01. The molecule has 0 saturated carbocycles. The Balaban J connectivity index is 1.99. The second kappa shape index (κ2) is 8.74. The van der Waals surface area contributed by atoms with Crippen molar-refractivity contribution in [2.75, 3.05) is 20.0 Å². The minimum atomic E-state index is 0.489. The summed E-state index contributed by atoms with van der Waals surface area (Å²) in [6, 6.07) is 16.9. The summed E-state index contributed by atoms with van der Waals surface area (Å²) in [6.45, 7) is 2.23. The molecule has 2 aromatic carbocycles. The lowest BCUT2D eigenvalue weighted by atomic mass is 10.1. The molecule has 0 aliphatic carbocycles. The van der Waals surface area contributed by atoms with Gasteiger partial charge in [-0.05, 0) is 41.9 Å². The Morgan fingerprint density at radius 3 is 2.32 bits per heavy atom. The first-order chi connectivity index (χ1) is 10.8. The molecule has 3 heteroatoms. The van der Waals surface area contributed by atoms with Gasteiger partial charge in [-0.1, -0.05) is 43.3 Å². The lowest BCUT2D eigenvalue weighted by Gasteiger charge is -2.17. The molecular formula is C19H24O2S. The molecule has 0 spiro atoms. The van der Waals surface area contributed by atoms with Crippen molar-refractivity contribution >= 4 is 11.8 Å². The predicted octanol–water partition coefficient (Wildman–Crippen LogP) is 5.13. The third-order valence-electron chi connectivity index (χ3n) is 3.70. The summed E-state index contributed by atoms with van der Waals surface area (Å²) in [5.41, 5.74) is 2.70. The molecule has 22 heavy (non-hydrogen) atoms. The number of hydrogen-bond acceptors (Lipinski definition) is 3. The van der Waals surface area contributed by atoms with Gasteiger partial charge in [-0.15, -0.1) is 0 Å². The first kappa shape index (κ1) is 16.8. The van der Waals surface area contributed by atoms with E-state index in [1.165, 1.54) is 11.1 Å². The first-order valence-electron chi connectivity index (χ1n) is 7.66. The SMILES string of the molecule is CCC(SCCc1ccccc1)c1ccc(OC)c(OC)c1. The Labute approximate surface area is 137 Å². The molecule has 0 aliphatic heterocycles. The Morgan fingerprint density at radius 1 is 0.955 bits per heavy atom. The molecule has 0 bridgehead atoms. The van der Waals surface area contributed by atoms with Crippen molar-refractivity contribution in [1.29, 1.82) is 0 Å². The van der Waals surface area contributed by atoms with E-state index in [2.05, 4.69) is 49.4 Å². The van der Waals surface area contributed by atoms with Crippen LogP contribution < -0.4 is 9.47 Å². The number of aryl methyl sites for hydroxylation is 1. The van der Waals surface area contributed by atoms with Crippen molar-refractivity contribution in [2.45, 2.75) is 25.0 Å². The van der Waals surface area contributed by atoms with Gasteiger partial charge in [0, 0.05) is 5.25 Å². The van der Waals surface area contributed by atoms with E-state index in [-0.39, 0.29) is 0 Å². The van der Waals surface area contributed by atoms with Crippen LogP contribution in [-0.2, 0) is 6.42 Å². The molecule has 2 rings (SSSR count). The van der Waals surface area contributed by atoms with Crippen LogP contribution in [0.1, 0.15) is 29.7 Å². The maximum Gasteiger partial charge on any atom is 0.161 e. The number of methoxy groups -OCH3 is 2. The third-order valence-corrected chi connectivity index (χ3v) is 5.15. The Kier molecular flexibility index (Phi) is 6.66. The average Bonchev–Trinajstić information content (AvgIpc) is 2.59. The minimum absolute atomic E-state index is 0.489. The van der Waals surface area contributed by atoms with E-state index in [1.54, 1.807) is 14.2 Å². The largest absolute Gasteiger partial charge is 0.493 e. The van der Waals surface area contributed by atoms with Crippen LogP contribution in [0.5, 0.6) is 11.5 Å². The molecule has 1 unspecified atom stereocenters. The normalized spacial score (nSPS) is 12.0. The summed E-state index contributed by atoms with van der Waals surface area (Å²) in [5, 5.41) is 0.489. The lowest BCUT2D eigenvalue weighted by Crippen LogP contribution is -1.98. The molecule has 0 amide bonds. The van der Waals surface area contributed by atoms with E-state index in [9.17, 15) is 0 Å². The highest BCUT2D eigenvalue weighted by Gasteiger charge is 2.13. The summed E-state index contributed by atoms with van der Waals surface area (Å²) in [7, 11) is 3.36. The smallest absolute Gasteiger partial charge is 0.161 e. The van der Waals surface area contributed by atoms with Crippen LogP contribution in [0.15, 0.2) is 48.5 Å². The molecule has 0 radical (unpaired) electrons. The van der Waals surface area contributed by atoms with E-state index in [4.69, 9.17) is 9.47 Å². The second-order valence-corrected chi connectivity index (χ2v) is 6.43. The van der Waals surface area contributed by atoms with E-state index in [1.807, 2.05) is 17.8 Å². The summed E-state index contributed by atoms with van der Waals surface area (Å²) < 4.78 is 10.7. The molecule has 0 aliphatic rings. The van der Waals surface area contributed by atoms with E-state index in [0.717, 1.165) is 30.1 Å². The van der Waals surface area contributed by atoms with Crippen molar-refractivity contribution in [3.05, 3.63) is 59.7 Å². The van der Waals surface area contributed by atoms with Crippen molar-refractivity contribution in [3.63, 3.8) is 0 Å². The molecule has 0 fully saturated rings. The summed E-state index contributed by atoms with van der Waals surface area (Å²) in [6.07, 6.45) is 2.21. The summed E-state index contributed by atoms with van der Waals surface area (Å²) in [4.78, 5) is 0. The zero-order valence-corrected chi connectivity index (χ0v) is 14.4. The first-order valence-corrected chi connectivity index (χ1v) is 8.70. The van der Waals surface area contributed by atoms with Gasteiger partial charge < -0.3 is 9.47 Å². The van der Waals surface area contributed by atoms with Gasteiger partial charge in [0.25, 0.3) is 0 Å². The lowest BCUT2D eigenvalue weighted by molar-refractivity contribution is 0.354. The highest BCUT2D eigenvalue weighted by atomic mass is 32.2. The van der Waals surface area contributed by atoms with Gasteiger partial charge in [0.2, 0.25) is 0 Å². The monoisotopic (exact) mass is 316 g/mol. The Morgan fingerprint density at radius 2 is 1.68 bits per heavy atom. The van der Waals surface area contributed by atoms with E-state index < -0.39 is 0 Å². The topological polar surface area (TPSA) is 18.5 Å².